The van der Waals surface area contributed by atoms with Gasteiger partial charge in [-0.05, 0) is 23.1 Å². The molecule has 3 rings (SSSR count). The van der Waals surface area contributed by atoms with Gasteiger partial charge < -0.3 is 4.57 Å². The Bertz CT molecular complexity index is 806. The zero-order valence-electron chi connectivity index (χ0n) is 10.4. The van der Waals surface area contributed by atoms with Crippen LogP contribution in [0.1, 0.15) is 0 Å². The van der Waals surface area contributed by atoms with Crippen molar-refractivity contribution < 1.29 is 4.39 Å². The summed E-state index contributed by atoms with van der Waals surface area (Å²) >= 11 is 0. The summed E-state index contributed by atoms with van der Waals surface area (Å²) in [5.41, 5.74) is 1.41. The van der Waals surface area contributed by atoms with Crippen LogP contribution in [0.2, 0.25) is 0 Å². The number of hydrogen-bond donors (Lipinski definition) is 0. The molecule has 3 aromatic rings. The second-order valence-corrected chi connectivity index (χ2v) is 4.46. The standard InChI is InChI=1S/C16H12FNO/c1-18-14(11-6-3-2-4-7-11)10-12-8-5-9-13(17)15(12)16(18)19/h2-10H,1H3. The number of pyridine rings is 1. The van der Waals surface area contributed by atoms with Crippen LogP contribution in [-0.4, -0.2) is 4.57 Å². The molecular formula is C16H12FNO. The van der Waals surface area contributed by atoms with Gasteiger partial charge in [-0.25, -0.2) is 4.39 Å². The molecule has 0 aliphatic rings. The van der Waals surface area contributed by atoms with E-state index in [2.05, 4.69) is 0 Å². The van der Waals surface area contributed by atoms with Crippen molar-refractivity contribution in [2.75, 3.05) is 0 Å². The molecule has 0 atom stereocenters. The van der Waals surface area contributed by atoms with Gasteiger partial charge in [0.15, 0.2) is 0 Å². The molecule has 0 saturated carbocycles. The van der Waals surface area contributed by atoms with Gasteiger partial charge >= 0.3 is 0 Å². The fourth-order valence-corrected chi connectivity index (χ4v) is 2.29. The molecule has 0 radical (unpaired) electrons. The molecule has 0 bridgehead atoms. The average molecular weight is 253 g/mol. The molecule has 1 aromatic heterocycles. The Balaban J connectivity index is 2.41. The van der Waals surface area contributed by atoms with E-state index in [-0.39, 0.29) is 10.9 Å². The lowest BCUT2D eigenvalue weighted by Gasteiger charge is -2.10. The molecule has 0 N–H and O–H groups in total. The van der Waals surface area contributed by atoms with Crippen LogP contribution in [0.3, 0.4) is 0 Å². The Labute approximate surface area is 109 Å². The summed E-state index contributed by atoms with van der Waals surface area (Å²) in [4.78, 5) is 12.3. The highest BCUT2D eigenvalue weighted by Gasteiger charge is 2.10. The lowest BCUT2D eigenvalue weighted by molar-refractivity contribution is 0.637. The molecular weight excluding hydrogens is 241 g/mol. The van der Waals surface area contributed by atoms with Crippen molar-refractivity contribution in [2.45, 2.75) is 0 Å². The minimum atomic E-state index is -0.474. The van der Waals surface area contributed by atoms with Crippen molar-refractivity contribution in [3.05, 3.63) is 70.8 Å². The summed E-state index contributed by atoms with van der Waals surface area (Å²) in [6.45, 7) is 0. The van der Waals surface area contributed by atoms with Crippen molar-refractivity contribution >= 4 is 10.8 Å². The van der Waals surface area contributed by atoms with Gasteiger partial charge in [0.1, 0.15) is 5.82 Å². The van der Waals surface area contributed by atoms with Gasteiger partial charge in [0.2, 0.25) is 0 Å². The SMILES string of the molecule is Cn1c(-c2ccccc2)cc2cccc(F)c2c1=O. The smallest absolute Gasteiger partial charge is 0.261 e. The molecule has 94 valence electrons. The Kier molecular flexibility index (Phi) is 2.67. The maximum absolute atomic E-state index is 13.7. The third-order valence-electron chi connectivity index (χ3n) is 3.29. The second kappa shape index (κ2) is 4.35. The van der Waals surface area contributed by atoms with E-state index in [0.717, 1.165) is 11.3 Å². The summed E-state index contributed by atoms with van der Waals surface area (Å²) in [6, 6.07) is 16.1. The van der Waals surface area contributed by atoms with Crippen LogP contribution in [-0.2, 0) is 7.05 Å². The summed E-state index contributed by atoms with van der Waals surface area (Å²) in [5, 5.41) is 0.770. The highest BCUT2D eigenvalue weighted by Crippen LogP contribution is 2.22. The number of hydrogen-bond acceptors (Lipinski definition) is 1. The van der Waals surface area contributed by atoms with E-state index in [4.69, 9.17) is 0 Å². The van der Waals surface area contributed by atoms with Crippen molar-refractivity contribution in [3.8, 4) is 11.3 Å². The fourth-order valence-electron chi connectivity index (χ4n) is 2.29. The minimum absolute atomic E-state index is 0.143. The van der Waals surface area contributed by atoms with Gasteiger partial charge in [0, 0.05) is 7.05 Å². The van der Waals surface area contributed by atoms with Crippen molar-refractivity contribution in [2.24, 2.45) is 7.05 Å². The summed E-state index contributed by atoms with van der Waals surface area (Å²) in [6.07, 6.45) is 0. The van der Waals surface area contributed by atoms with E-state index in [1.54, 1.807) is 19.2 Å². The zero-order valence-corrected chi connectivity index (χ0v) is 10.4. The van der Waals surface area contributed by atoms with E-state index in [0.29, 0.717) is 5.39 Å². The summed E-state index contributed by atoms with van der Waals surface area (Å²) < 4.78 is 15.2. The molecule has 3 heteroatoms. The molecule has 0 aliphatic carbocycles. The van der Waals surface area contributed by atoms with Crippen LogP contribution in [0, 0.1) is 5.82 Å². The normalized spacial score (nSPS) is 10.8. The van der Waals surface area contributed by atoms with Crippen molar-refractivity contribution in [3.63, 3.8) is 0 Å². The molecule has 0 saturated heterocycles. The first-order valence-electron chi connectivity index (χ1n) is 6.02. The number of fused-ring (bicyclic) bond motifs is 1. The highest BCUT2D eigenvalue weighted by atomic mass is 19.1. The summed E-state index contributed by atoms with van der Waals surface area (Å²) in [5.74, 6) is -0.474. The van der Waals surface area contributed by atoms with Gasteiger partial charge in [0.25, 0.3) is 5.56 Å². The molecule has 0 amide bonds. The van der Waals surface area contributed by atoms with Crippen LogP contribution in [0.15, 0.2) is 59.4 Å². The first-order chi connectivity index (χ1) is 9.18. The van der Waals surface area contributed by atoms with E-state index >= 15 is 0 Å². The minimum Gasteiger partial charge on any atom is -0.311 e. The van der Waals surface area contributed by atoms with E-state index < -0.39 is 5.82 Å². The maximum Gasteiger partial charge on any atom is 0.261 e. The number of rotatable bonds is 1. The highest BCUT2D eigenvalue weighted by molar-refractivity contribution is 5.85. The molecule has 0 spiro atoms. The number of benzene rings is 2. The van der Waals surface area contributed by atoms with Crippen LogP contribution in [0.4, 0.5) is 4.39 Å². The van der Waals surface area contributed by atoms with Crippen LogP contribution in [0.25, 0.3) is 22.0 Å². The second-order valence-electron chi connectivity index (χ2n) is 4.46. The Morgan fingerprint density at radius 1 is 1.00 bits per heavy atom. The predicted molar refractivity (Wildman–Crippen MR) is 74.6 cm³/mol. The lowest BCUT2D eigenvalue weighted by atomic mass is 10.1. The van der Waals surface area contributed by atoms with Crippen LogP contribution in [0.5, 0.6) is 0 Å². The molecule has 0 unspecified atom stereocenters. The van der Waals surface area contributed by atoms with Crippen LogP contribution < -0.4 is 5.56 Å². The first-order valence-corrected chi connectivity index (χ1v) is 6.02. The van der Waals surface area contributed by atoms with Gasteiger partial charge in [-0.15, -0.1) is 0 Å². The molecule has 2 aromatic carbocycles. The number of halogens is 1. The van der Waals surface area contributed by atoms with E-state index in [9.17, 15) is 9.18 Å². The molecule has 2 nitrogen and oxygen atoms in total. The average Bonchev–Trinajstić information content (AvgIpc) is 2.43. The van der Waals surface area contributed by atoms with Gasteiger partial charge in [0.05, 0.1) is 11.1 Å². The third kappa shape index (κ3) is 1.83. The summed E-state index contributed by atoms with van der Waals surface area (Å²) in [7, 11) is 1.66. The Morgan fingerprint density at radius 3 is 2.47 bits per heavy atom. The number of nitrogens with zero attached hydrogens (tertiary/aromatic N) is 1. The predicted octanol–water partition coefficient (Wildman–Crippen LogP) is 3.34. The number of aromatic nitrogens is 1. The van der Waals surface area contributed by atoms with E-state index in [1.165, 1.54) is 10.6 Å². The molecule has 19 heavy (non-hydrogen) atoms. The quantitative estimate of drug-likeness (QED) is 0.652. The molecule has 0 aliphatic heterocycles. The third-order valence-corrected chi connectivity index (χ3v) is 3.29. The monoisotopic (exact) mass is 253 g/mol. The van der Waals surface area contributed by atoms with Gasteiger partial charge in [-0.3, -0.25) is 4.79 Å². The Morgan fingerprint density at radius 2 is 1.74 bits per heavy atom. The maximum atomic E-state index is 13.7. The zero-order chi connectivity index (χ0) is 13.4. The fraction of sp³-hybridized carbons (Fsp3) is 0.0625. The van der Waals surface area contributed by atoms with Crippen molar-refractivity contribution in [1.82, 2.24) is 4.57 Å². The Hall–Kier alpha value is -2.42. The largest absolute Gasteiger partial charge is 0.311 e. The van der Waals surface area contributed by atoms with Crippen molar-refractivity contribution in [1.29, 1.82) is 0 Å². The molecule has 1 heterocycles. The van der Waals surface area contributed by atoms with Gasteiger partial charge in [-0.1, -0.05) is 42.5 Å². The van der Waals surface area contributed by atoms with Gasteiger partial charge in [-0.2, -0.15) is 0 Å². The lowest BCUT2D eigenvalue weighted by Crippen LogP contribution is -2.19. The van der Waals surface area contributed by atoms with Crippen LogP contribution >= 0.6 is 0 Å². The molecule has 0 fully saturated rings. The van der Waals surface area contributed by atoms with E-state index in [1.807, 2.05) is 36.4 Å². The topological polar surface area (TPSA) is 22.0 Å². The first kappa shape index (κ1) is 11.7.